The second kappa shape index (κ2) is 8.96. The number of esters is 1. The number of ketones is 1. The average Bonchev–Trinajstić information content (AvgIpc) is 2.98. The average molecular weight is 379 g/mol. The molecule has 0 aliphatic carbocycles. The fourth-order valence-corrected chi connectivity index (χ4v) is 3.69. The van der Waals surface area contributed by atoms with E-state index in [1.165, 1.54) is 21.0 Å². The van der Waals surface area contributed by atoms with Crippen molar-refractivity contribution in [2.75, 3.05) is 27.3 Å². The number of aliphatic hydroxyl groups is 1. The minimum absolute atomic E-state index is 0.0917. The number of hydrogen-bond acceptors (Lipinski definition) is 8. The topological polar surface area (TPSA) is 102 Å². The van der Waals surface area contributed by atoms with Gasteiger partial charge in [-0.05, 0) is 38.6 Å². The second-order valence-electron chi connectivity index (χ2n) is 6.53. The molecule has 2 rings (SSSR count). The Bertz CT molecular complexity index is 731. The summed E-state index contributed by atoms with van der Waals surface area (Å²) in [5.41, 5.74) is 1.22. The van der Waals surface area contributed by atoms with E-state index in [0.29, 0.717) is 17.5 Å². The molecule has 0 amide bonds. The normalized spacial score (nSPS) is 19.6. The number of rotatable bonds is 8. The van der Waals surface area contributed by atoms with Crippen molar-refractivity contribution in [2.45, 2.75) is 38.8 Å². The predicted molar refractivity (Wildman–Crippen MR) is 96.0 cm³/mol. The number of nitrogens with zero attached hydrogens (tertiary/aromatic N) is 1. The van der Waals surface area contributed by atoms with Crippen LogP contribution in [-0.2, 0) is 20.9 Å². The molecule has 0 bridgehead atoms. The number of aliphatic hydroxyl groups excluding tert-OH is 1. The first kappa shape index (κ1) is 20.9. The molecule has 1 heterocycles. The summed E-state index contributed by atoms with van der Waals surface area (Å²) in [7, 11) is 3.31. The maximum Gasteiger partial charge on any atom is 0.302 e. The molecule has 1 aromatic carbocycles. The molecule has 1 aliphatic rings. The molecule has 0 saturated carbocycles. The highest BCUT2D eigenvalue weighted by atomic mass is 16.5. The fraction of sp³-hybridized carbons (Fsp3) is 0.526. The van der Waals surface area contributed by atoms with Crippen LogP contribution in [0.4, 0.5) is 0 Å². The molecular weight excluding hydrogens is 354 g/mol. The predicted octanol–water partition coefficient (Wildman–Crippen LogP) is 1.28. The van der Waals surface area contributed by atoms with Crippen LogP contribution in [0, 0.1) is 0 Å². The van der Waals surface area contributed by atoms with Gasteiger partial charge in [-0.1, -0.05) is 0 Å². The van der Waals surface area contributed by atoms with Crippen molar-refractivity contribution in [3.8, 4) is 11.5 Å². The summed E-state index contributed by atoms with van der Waals surface area (Å²) in [6.45, 7) is 3.51. The van der Waals surface area contributed by atoms with Crippen LogP contribution in [0.5, 0.6) is 11.5 Å². The van der Waals surface area contributed by atoms with Crippen molar-refractivity contribution >= 4 is 18.2 Å². The van der Waals surface area contributed by atoms with Gasteiger partial charge < -0.3 is 19.3 Å². The van der Waals surface area contributed by atoms with Crippen molar-refractivity contribution in [2.24, 2.45) is 0 Å². The molecule has 1 N–H and O–H groups in total. The van der Waals surface area contributed by atoms with Gasteiger partial charge in [-0.3, -0.25) is 19.3 Å². The van der Waals surface area contributed by atoms with Crippen molar-refractivity contribution in [1.82, 2.24) is 4.90 Å². The van der Waals surface area contributed by atoms with Crippen molar-refractivity contribution in [3.63, 3.8) is 0 Å². The standard InChI is InChI=1S/C19H25NO7/c1-11(23)17-16(25-4)7-13(8-21)18(19(17)27-10-22)14-5-6-20(3)15(14)9-26-12(2)24/h7,10,14-15,21H,5-6,8-9H2,1-4H3/t14-,15+/m1/s1. The van der Waals surface area contributed by atoms with E-state index >= 15 is 0 Å². The SMILES string of the molecule is COc1cc(CO)c([C@@H]2CCN(C)[C@H]2COC(C)=O)c(OC=O)c1C(C)=O. The Balaban J connectivity index is 2.65. The number of ether oxygens (including phenoxy) is 3. The molecule has 1 aromatic rings. The van der Waals surface area contributed by atoms with Gasteiger partial charge in [0.1, 0.15) is 23.7 Å². The van der Waals surface area contributed by atoms with Crippen LogP contribution in [0.2, 0.25) is 0 Å². The van der Waals surface area contributed by atoms with Gasteiger partial charge in [-0.15, -0.1) is 0 Å². The third-order valence-electron chi connectivity index (χ3n) is 4.93. The number of hydrogen-bond donors (Lipinski definition) is 1. The Kier molecular flexibility index (Phi) is 6.92. The van der Waals surface area contributed by atoms with Crippen molar-refractivity contribution < 1.29 is 33.7 Å². The lowest BCUT2D eigenvalue weighted by atomic mass is 9.85. The highest BCUT2D eigenvalue weighted by Crippen LogP contribution is 2.44. The molecule has 1 aliphatic heterocycles. The Hall–Kier alpha value is -2.45. The lowest BCUT2D eigenvalue weighted by molar-refractivity contribution is -0.142. The molecule has 2 atom stereocenters. The van der Waals surface area contributed by atoms with Crippen LogP contribution in [0.25, 0.3) is 0 Å². The summed E-state index contributed by atoms with van der Waals surface area (Å²) in [6.07, 6.45) is 0.689. The van der Waals surface area contributed by atoms with Gasteiger partial charge in [0.15, 0.2) is 5.78 Å². The van der Waals surface area contributed by atoms with Gasteiger partial charge >= 0.3 is 5.97 Å². The van der Waals surface area contributed by atoms with E-state index in [2.05, 4.69) is 0 Å². The molecule has 0 unspecified atom stereocenters. The minimum atomic E-state index is -0.389. The van der Waals surface area contributed by atoms with Crippen LogP contribution in [-0.4, -0.2) is 61.6 Å². The van der Waals surface area contributed by atoms with E-state index in [9.17, 15) is 19.5 Å². The lowest BCUT2D eigenvalue weighted by Crippen LogP contribution is -2.34. The van der Waals surface area contributed by atoms with Crippen LogP contribution >= 0.6 is 0 Å². The molecule has 27 heavy (non-hydrogen) atoms. The van der Waals surface area contributed by atoms with Crippen LogP contribution in [0.3, 0.4) is 0 Å². The molecule has 0 aromatic heterocycles. The highest BCUT2D eigenvalue weighted by molar-refractivity contribution is 6.00. The van der Waals surface area contributed by atoms with Gasteiger partial charge in [0.2, 0.25) is 0 Å². The summed E-state index contributed by atoms with van der Waals surface area (Å²) in [6, 6.07) is 1.41. The first-order valence-corrected chi connectivity index (χ1v) is 8.65. The minimum Gasteiger partial charge on any atom is -0.496 e. The first-order valence-electron chi connectivity index (χ1n) is 8.65. The number of carbonyl (C=O) groups is 3. The number of likely N-dealkylation sites (N-methyl/N-ethyl adjacent to an activating group) is 1. The highest BCUT2D eigenvalue weighted by Gasteiger charge is 2.38. The molecule has 0 radical (unpaired) electrons. The fourth-order valence-electron chi connectivity index (χ4n) is 3.69. The van der Waals surface area contributed by atoms with Gasteiger partial charge in [-0.25, -0.2) is 0 Å². The summed E-state index contributed by atoms with van der Waals surface area (Å²) in [5, 5.41) is 9.91. The van der Waals surface area contributed by atoms with Gasteiger partial charge in [0, 0.05) is 18.4 Å². The van der Waals surface area contributed by atoms with Gasteiger partial charge in [0.25, 0.3) is 6.47 Å². The largest absolute Gasteiger partial charge is 0.496 e. The van der Waals surface area contributed by atoms with Crippen molar-refractivity contribution in [1.29, 1.82) is 0 Å². The van der Waals surface area contributed by atoms with E-state index in [1.54, 1.807) is 6.07 Å². The third-order valence-corrected chi connectivity index (χ3v) is 4.93. The third kappa shape index (κ3) is 4.28. The summed E-state index contributed by atoms with van der Waals surface area (Å²) < 4.78 is 15.7. The van der Waals surface area contributed by atoms with E-state index in [-0.39, 0.29) is 60.5 Å². The van der Waals surface area contributed by atoms with Gasteiger partial charge in [0.05, 0.1) is 19.8 Å². The molecule has 0 spiro atoms. The molecule has 8 heteroatoms. The zero-order valence-corrected chi connectivity index (χ0v) is 16.0. The first-order chi connectivity index (χ1) is 12.8. The number of carbonyl (C=O) groups excluding carboxylic acids is 3. The summed E-state index contributed by atoms with van der Waals surface area (Å²) in [5.74, 6) is -0.586. The lowest BCUT2D eigenvalue weighted by Gasteiger charge is -2.28. The number of benzene rings is 1. The Morgan fingerprint density at radius 1 is 1.37 bits per heavy atom. The maximum absolute atomic E-state index is 12.2. The number of Topliss-reactive ketones (excluding diaryl/α,β-unsaturated/α-hetero) is 1. The zero-order chi connectivity index (χ0) is 20.1. The Labute approximate surface area is 158 Å². The Morgan fingerprint density at radius 2 is 2.07 bits per heavy atom. The molecule has 8 nitrogen and oxygen atoms in total. The smallest absolute Gasteiger partial charge is 0.302 e. The Morgan fingerprint density at radius 3 is 2.59 bits per heavy atom. The summed E-state index contributed by atoms with van der Waals surface area (Å²) >= 11 is 0. The zero-order valence-electron chi connectivity index (χ0n) is 16.0. The molecule has 1 saturated heterocycles. The molecule has 148 valence electrons. The monoisotopic (exact) mass is 379 g/mol. The molecular formula is C19H25NO7. The van der Waals surface area contributed by atoms with Crippen LogP contribution in [0.15, 0.2) is 6.07 Å². The van der Waals surface area contributed by atoms with E-state index < -0.39 is 0 Å². The van der Waals surface area contributed by atoms with Crippen LogP contribution in [0.1, 0.15) is 47.7 Å². The van der Waals surface area contributed by atoms with E-state index in [4.69, 9.17) is 14.2 Å². The molecule has 1 fully saturated rings. The number of methoxy groups -OCH3 is 1. The van der Waals surface area contributed by atoms with Crippen molar-refractivity contribution in [3.05, 3.63) is 22.8 Å². The van der Waals surface area contributed by atoms with E-state index in [0.717, 1.165) is 6.54 Å². The summed E-state index contributed by atoms with van der Waals surface area (Å²) in [4.78, 5) is 36.7. The van der Waals surface area contributed by atoms with E-state index in [1.807, 2.05) is 11.9 Å². The van der Waals surface area contributed by atoms with Crippen LogP contribution < -0.4 is 9.47 Å². The second-order valence-corrected chi connectivity index (χ2v) is 6.53. The quantitative estimate of drug-likeness (QED) is 0.409. The maximum atomic E-state index is 12.2. The van der Waals surface area contributed by atoms with Gasteiger partial charge in [-0.2, -0.15) is 0 Å². The number of likely N-dealkylation sites (tertiary alicyclic amines) is 1.